The van der Waals surface area contributed by atoms with E-state index in [0.29, 0.717) is 11.8 Å². The fourth-order valence-corrected chi connectivity index (χ4v) is 3.41. The highest BCUT2D eigenvalue weighted by molar-refractivity contribution is 5.27. The Morgan fingerprint density at radius 1 is 1.17 bits per heavy atom. The molecule has 3 nitrogen and oxygen atoms in total. The van der Waals surface area contributed by atoms with Crippen molar-refractivity contribution < 1.29 is 4.74 Å². The van der Waals surface area contributed by atoms with Gasteiger partial charge in [-0.25, -0.2) is 0 Å². The second-order valence-electron chi connectivity index (χ2n) is 6.28. The standard InChI is InChI=1S/C20H26N2O/c1-2-7-19-20(10-6-12-22-19)23-15-17-14-21-13-11-18(17)16-8-4-3-5-9-16/h3-6,8-10,12,17-18,21H,2,7,11,13-15H2,1H3/t17-,18-/m0/s1. The maximum Gasteiger partial charge on any atom is 0.140 e. The van der Waals surface area contributed by atoms with Crippen LogP contribution < -0.4 is 10.1 Å². The number of ether oxygens (including phenoxy) is 1. The first kappa shape index (κ1) is 16.0. The van der Waals surface area contributed by atoms with Gasteiger partial charge in [-0.3, -0.25) is 4.98 Å². The molecule has 23 heavy (non-hydrogen) atoms. The Hall–Kier alpha value is -1.87. The van der Waals surface area contributed by atoms with Gasteiger partial charge in [0.15, 0.2) is 0 Å². The summed E-state index contributed by atoms with van der Waals surface area (Å²) in [6, 6.07) is 14.9. The third-order valence-electron chi connectivity index (χ3n) is 4.62. The van der Waals surface area contributed by atoms with Crippen molar-refractivity contribution in [1.29, 1.82) is 0 Å². The topological polar surface area (TPSA) is 34.1 Å². The van der Waals surface area contributed by atoms with Crippen molar-refractivity contribution in [2.45, 2.75) is 32.1 Å². The van der Waals surface area contributed by atoms with Crippen LogP contribution in [-0.2, 0) is 6.42 Å². The lowest BCUT2D eigenvalue weighted by Gasteiger charge is -2.32. The first-order chi connectivity index (χ1) is 11.4. The molecular weight excluding hydrogens is 284 g/mol. The molecule has 2 heterocycles. The lowest BCUT2D eigenvalue weighted by Crippen LogP contribution is -2.38. The number of piperidine rings is 1. The van der Waals surface area contributed by atoms with Gasteiger partial charge in [-0.05, 0) is 43.0 Å². The summed E-state index contributed by atoms with van der Waals surface area (Å²) in [5, 5.41) is 3.51. The second kappa shape index (κ2) is 8.11. The minimum Gasteiger partial charge on any atom is -0.491 e. The number of aryl methyl sites for hydroxylation is 1. The quantitative estimate of drug-likeness (QED) is 0.881. The van der Waals surface area contributed by atoms with Crippen molar-refractivity contribution in [3.05, 3.63) is 59.9 Å². The Bertz CT molecular complexity index is 600. The number of hydrogen-bond acceptors (Lipinski definition) is 3. The first-order valence-electron chi connectivity index (χ1n) is 8.71. The molecule has 1 aliphatic rings. The molecule has 3 heteroatoms. The van der Waals surface area contributed by atoms with Crippen LogP contribution >= 0.6 is 0 Å². The molecule has 0 spiro atoms. The van der Waals surface area contributed by atoms with Gasteiger partial charge in [-0.1, -0.05) is 43.7 Å². The molecule has 0 radical (unpaired) electrons. The summed E-state index contributed by atoms with van der Waals surface area (Å²) in [6.45, 7) is 5.02. The summed E-state index contributed by atoms with van der Waals surface area (Å²) < 4.78 is 6.18. The molecule has 0 saturated carbocycles. The van der Waals surface area contributed by atoms with E-state index in [1.165, 1.54) is 12.0 Å². The fraction of sp³-hybridized carbons (Fsp3) is 0.450. The normalized spacial score (nSPS) is 21.1. The molecule has 0 aliphatic carbocycles. The van der Waals surface area contributed by atoms with Gasteiger partial charge in [0.2, 0.25) is 0 Å². The van der Waals surface area contributed by atoms with Gasteiger partial charge in [0, 0.05) is 18.7 Å². The van der Waals surface area contributed by atoms with Crippen LogP contribution in [0.1, 0.15) is 36.9 Å². The number of rotatable bonds is 6. The third kappa shape index (κ3) is 4.11. The smallest absolute Gasteiger partial charge is 0.140 e. The number of pyridine rings is 1. The van der Waals surface area contributed by atoms with Crippen molar-refractivity contribution in [2.75, 3.05) is 19.7 Å². The molecule has 1 aromatic carbocycles. The molecule has 0 unspecified atom stereocenters. The number of nitrogens with one attached hydrogen (secondary N) is 1. The maximum atomic E-state index is 6.18. The SMILES string of the molecule is CCCc1ncccc1OC[C@@H]1CNCC[C@H]1c1ccccc1. The van der Waals surface area contributed by atoms with E-state index in [0.717, 1.165) is 44.0 Å². The number of benzene rings is 1. The monoisotopic (exact) mass is 310 g/mol. The molecule has 0 amide bonds. The Morgan fingerprint density at radius 2 is 2.04 bits per heavy atom. The van der Waals surface area contributed by atoms with Gasteiger partial charge < -0.3 is 10.1 Å². The van der Waals surface area contributed by atoms with Crippen molar-refractivity contribution in [3.8, 4) is 5.75 Å². The molecule has 1 saturated heterocycles. The third-order valence-corrected chi connectivity index (χ3v) is 4.62. The summed E-state index contributed by atoms with van der Waals surface area (Å²) in [7, 11) is 0. The maximum absolute atomic E-state index is 6.18. The van der Waals surface area contributed by atoms with E-state index < -0.39 is 0 Å². The predicted octanol–water partition coefficient (Wildman–Crippen LogP) is 3.81. The second-order valence-corrected chi connectivity index (χ2v) is 6.28. The van der Waals surface area contributed by atoms with E-state index in [1.807, 2.05) is 18.3 Å². The van der Waals surface area contributed by atoms with Gasteiger partial charge in [0.25, 0.3) is 0 Å². The van der Waals surface area contributed by atoms with Crippen LogP contribution in [0, 0.1) is 5.92 Å². The minimum atomic E-state index is 0.501. The highest BCUT2D eigenvalue weighted by Gasteiger charge is 2.27. The van der Waals surface area contributed by atoms with Crippen LogP contribution in [0.4, 0.5) is 0 Å². The van der Waals surface area contributed by atoms with Crippen molar-refractivity contribution in [1.82, 2.24) is 10.3 Å². The van der Waals surface area contributed by atoms with Crippen molar-refractivity contribution in [2.24, 2.45) is 5.92 Å². The summed E-state index contributed by atoms with van der Waals surface area (Å²) in [4.78, 5) is 4.47. The number of hydrogen-bond donors (Lipinski definition) is 1. The predicted molar refractivity (Wildman–Crippen MR) is 93.9 cm³/mol. The Morgan fingerprint density at radius 3 is 2.87 bits per heavy atom. The molecule has 1 aromatic heterocycles. The Balaban J connectivity index is 1.68. The lowest BCUT2D eigenvalue weighted by atomic mass is 9.81. The van der Waals surface area contributed by atoms with E-state index in [4.69, 9.17) is 4.74 Å². The summed E-state index contributed by atoms with van der Waals surface area (Å²) >= 11 is 0. The highest BCUT2D eigenvalue weighted by atomic mass is 16.5. The van der Waals surface area contributed by atoms with Crippen LogP contribution in [0.5, 0.6) is 5.75 Å². The van der Waals surface area contributed by atoms with Crippen molar-refractivity contribution >= 4 is 0 Å². The molecule has 1 aliphatic heterocycles. The molecule has 2 aromatic rings. The molecule has 1 fully saturated rings. The van der Waals surface area contributed by atoms with E-state index in [2.05, 4.69) is 47.6 Å². The molecule has 3 rings (SSSR count). The van der Waals surface area contributed by atoms with E-state index >= 15 is 0 Å². The van der Waals surface area contributed by atoms with Crippen LogP contribution in [-0.4, -0.2) is 24.7 Å². The Kier molecular flexibility index (Phi) is 5.65. The first-order valence-corrected chi connectivity index (χ1v) is 8.71. The Labute approximate surface area is 139 Å². The van der Waals surface area contributed by atoms with Crippen LogP contribution in [0.2, 0.25) is 0 Å². The van der Waals surface area contributed by atoms with Gasteiger partial charge in [0.1, 0.15) is 5.75 Å². The largest absolute Gasteiger partial charge is 0.491 e. The molecule has 1 N–H and O–H groups in total. The minimum absolute atomic E-state index is 0.501. The molecule has 2 atom stereocenters. The summed E-state index contributed by atoms with van der Waals surface area (Å²) in [5.74, 6) is 2.02. The van der Waals surface area contributed by atoms with Gasteiger partial charge in [-0.2, -0.15) is 0 Å². The van der Waals surface area contributed by atoms with Crippen LogP contribution in [0.15, 0.2) is 48.7 Å². The van der Waals surface area contributed by atoms with E-state index in [1.54, 1.807) is 0 Å². The van der Waals surface area contributed by atoms with E-state index in [-0.39, 0.29) is 0 Å². The summed E-state index contributed by atoms with van der Waals surface area (Å²) in [5.41, 5.74) is 2.51. The van der Waals surface area contributed by atoms with Crippen LogP contribution in [0.3, 0.4) is 0 Å². The molecule has 122 valence electrons. The molecule has 0 bridgehead atoms. The lowest BCUT2D eigenvalue weighted by molar-refractivity contribution is 0.195. The number of nitrogens with zero attached hydrogens (tertiary/aromatic N) is 1. The van der Waals surface area contributed by atoms with Gasteiger partial charge in [0.05, 0.1) is 12.3 Å². The average Bonchev–Trinajstić information content (AvgIpc) is 2.62. The highest BCUT2D eigenvalue weighted by Crippen LogP contribution is 2.31. The summed E-state index contributed by atoms with van der Waals surface area (Å²) in [6.07, 6.45) is 5.09. The zero-order chi connectivity index (χ0) is 15.9. The average molecular weight is 310 g/mol. The zero-order valence-electron chi connectivity index (χ0n) is 13.9. The molecular formula is C20H26N2O. The fourth-order valence-electron chi connectivity index (χ4n) is 3.41. The van der Waals surface area contributed by atoms with Crippen LogP contribution in [0.25, 0.3) is 0 Å². The zero-order valence-corrected chi connectivity index (χ0v) is 13.9. The number of aromatic nitrogens is 1. The van der Waals surface area contributed by atoms with Crippen molar-refractivity contribution in [3.63, 3.8) is 0 Å². The van der Waals surface area contributed by atoms with Gasteiger partial charge in [-0.15, -0.1) is 0 Å². The van der Waals surface area contributed by atoms with Gasteiger partial charge >= 0.3 is 0 Å². The van der Waals surface area contributed by atoms with E-state index in [9.17, 15) is 0 Å².